The Balaban J connectivity index is 2.12. The number of hydrogen-bond acceptors (Lipinski definition) is 6. The second-order valence-electron chi connectivity index (χ2n) is 3.90. The summed E-state index contributed by atoms with van der Waals surface area (Å²) in [5, 5.41) is 12.8. The maximum absolute atomic E-state index is 5.82. The van der Waals surface area contributed by atoms with Gasteiger partial charge in [0.25, 0.3) is 0 Å². The molecule has 6 nitrogen and oxygen atoms in total. The number of nitrogens with zero attached hydrogens (tertiary/aromatic N) is 5. The zero-order chi connectivity index (χ0) is 13.2. The Morgan fingerprint density at radius 2 is 2.05 bits per heavy atom. The molecule has 2 heterocycles. The summed E-state index contributed by atoms with van der Waals surface area (Å²) in [4.78, 5) is 6.76. The third kappa shape index (κ3) is 2.19. The molecule has 3 aromatic rings. The third-order valence-corrected chi connectivity index (χ3v) is 3.51. The van der Waals surface area contributed by atoms with Gasteiger partial charge in [0.05, 0.1) is 12.2 Å². The number of rotatable bonds is 3. The van der Waals surface area contributed by atoms with Crippen LogP contribution in [0.3, 0.4) is 0 Å². The van der Waals surface area contributed by atoms with E-state index in [9.17, 15) is 0 Å². The smallest absolute Gasteiger partial charge is 0.217 e. The summed E-state index contributed by atoms with van der Waals surface area (Å²) in [6, 6.07) is 9.87. The molecule has 0 aliphatic heterocycles. The van der Waals surface area contributed by atoms with Gasteiger partial charge in [0.2, 0.25) is 5.82 Å². The van der Waals surface area contributed by atoms with Gasteiger partial charge in [-0.05, 0) is 12.1 Å². The van der Waals surface area contributed by atoms with Crippen molar-refractivity contribution >= 4 is 16.5 Å². The van der Waals surface area contributed by atoms with Crippen molar-refractivity contribution in [2.75, 3.05) is 5.73 Å². The summed E-state index contributed by atoms with van der Waals surface area (Å²) < 4.78 is 0. The van der Waals surface area contributed by atoms with Crippen LogP contribution in [0.1, 0.15) is 6.92 Å². The van der Waals surface area contributed by atoms with Gasteiger partial charge in [-0.2, -0.15) is 4.80 Å². The van der Waals surface area contributed by atoms with Crippen LogP contribution < -0.4 is 5.73 Å². The maximum Gasteiger partial charge on any atom is 0.217 e. The van der Waals surface area contributed by atoms with Crippen molar-refractivity contribution in [2.45, 2.75) is 13.5 Å². The van der Waals surface area contributed by atoms with Gasteiger partial charge in [0.1, 0.15) is 4.88 Å². The van der Waals surface area contributed by atoms with Crippen molar-refractivity contribution < 1.29 is 0 Å². The molecular formula is C12H12N6S. The van der Waals surface area contributed by atoms with E-state index in [0.717, 1.165) is 16.1 Å². The molecule has 0 saturated carbocycles. The topological polar surface area (TPSA) is 82.5 Å². The van der Waals surface area contributed by atoms with Crippen LogP contribution in [0.25, 0.3) is 22.0 Å². The van der Waals surface area contributed by atoms with E-state index in [1.807, 2.05) is 37.3 Å². The van der Waals surface area contributed by atoms with Crippen molar-refractivity contribution in [3.05, 3.63) is 30.3 Å². The first-order valence-corrected chi connectivity index (χ1v) is 6.69. The van der Waals surface area contributed by atoms with Gasteiger partial charge in [-0.3, -0.25) is 0 Å². The van der Waals surface area contributed by atoms with E-state index in [1.165, 1.54) is 11.3 Å². The molecule has 0 bridgehead atoms. The Bertz CT molecular complexity index is 687. The zero-order valence-corrected chi connectivity index (χ0v) is 11.1. The third-order valence-electron chi connectivity index (χ3n) is 2.63. The molecule has 2 N–H and O–H groups in total. The van der Waals surface area contributed by atoms with Crippen molar-refractivity contribution in [1.29, 1.82) is 0 Å². The number of nitrogens with two attached hydrogens (primary N) is 1. The van der Waals surface area contributed by atoms with Gasteiger partial charge in [-0.25, -0.2) is 4.98 Å². The number of aromatic nitrogens is 5. The van der Waals surface area contributed by atoms with Crippen molar-refractivity contribution in [3.8, 4) is 22.0 Å². The van der Waals surface area contributed by atoms with Crippen molar-refractivity contribution in [3.63, 3.8) is 0 Å². The van der Waals surface area contributed by atoms with Crippen LogP contribution in [0.2, 0.25) is 0 Å². The average molecular weight is 272 g/mol. The lowest BCUT2D eigenvalue weighted by Crippen LogP contribution is -1.98. The SMILES string of the molecule is CCn1nnc(-c2sc(N)nc2-c2ccccc2)n1. The van der Waals surface area contributed by atoms with Crippen LogP contribution in [0, 0.1) is 0 Å². The molecule has 3 rings (SSSR count). The summed E-state index contributed by atoms with van der Waals surface area (Å²) in [7, 11) is 0. The molecule has 0 fully saturated rings. The van der Waals surface area contributed by atoms with Gasteiger partial charge >= 0.3 is 0 Å². The number of benzene rings is 1. The zero-order valence-electron chi connectivity index (χ0n) is 10.3. The summed E-state index contributed by atoms with van der Waals surface area (Å²) in [5.74, 6) is 0.565. The summed E-state index contributed by atoms with van der Waals surface area (Å²) in [6.45, 7) is 2.65. The van der Waals surface area contributed by atoms with E-state index < -0.39 is 0 Å². The highest BCUT2D eigenvalue weighted by Gasteiger charge is 2.17. The van der Waals surface area contributed by atoms with Crippen LogP contribution in [0.15, 0.2) is 30.3 Å². The van der Waals surface area contributed by atoms with Crippen LogP contribution in [-0.4, -0.2) is 25.2 Å². The summed E-state index contributed by atoms with van der Waals surface area (Å²) >= 11 is 1.37. The molecule has 0 spiro atoms. The first-order chi connectivity index (χ1) is 9.28. The monoisotopic (exact) mass is 272 g/mol. The van der Waals surface area contributed by atoms with E-state index in [-0.39, 0.29) is 0 Å². The quantitative estimate of drug-likeness (QED) is 0.789. The highest BCUT2D eigenvalue weighted by molar-refractivity contribution is 7.19. The van der Waals surface area contributed by atoms with Crippen LogP contribution >= 0.6 is 11.3 Å². The van der Waals surface area contributed by atoms with Crippen LogP contribution in [-0.2, 0) is 6.54 Å². The van der Waals surface area contributed by atoms with Gasteiger partial charge < -0.3 is 5.73 Å². The van der Waals surface area contributed by atoms with Gasteiger partial charge in [-0.15, -0.1) is 10.2 Å². The highest BCUT2D eigenvalue weighted by Crippen LogP contribution is 2.35. The second kappa shape index (κ2) is 4.77. The number of thiazole rings is 1. The number of anilines is 1. The molecule has 96 valence electrons. The second-order valence-corrected chi connectivity index (χ2v) is 4.93. The molecule has 0 aliphatic rings. The maximum atomic E-state index is 5.82. The summed E-state index contributed by atoms with van der Waals surface area (Å²) in [6.07, 6.45) is 0. The predicted octanol–water partition coefficient (Wildman–Crippen LogP) is 2.07. The molecule has 1 aromatic carbocycles. The molecule has 0 amide bonds. The van der Waals surface area contributed by atoms with E-state index in [2.05, 4.69) is 20.4 Å². The molecule has 0 radical (unpaired) electrons. The molecule has 7 heteroatoms. The fraction of sp³-hybridized carbons (Fsp3) is 0.167. The molecule has 0 aliphatic carbocycles. The predicted molar refractivity (Wildman–Crippen MR) is 74.4 cm³/mol. The molecule has 0 unspecified atom stereocenters. The van der Waals surface area contributed by atoms with Gasteiger partial charge in [0, 0.05) is 5.56 Å². The number of hydrogen-bond donors (Lipinski definition) is 1. The molecule has 0 saturated heterocycles. The largest absolute Gasteiger partial charge is 0.375 e. The minimum Gasteiger partial charge on any atom is -0.375 e. The van der Waals surface area contributed by atoms with Crippen molar-refractivity contribution in [2.24, 2.45) is 0 Å². The normalized spacial score (nSPS) is 10.8. The Kier molecular flexibility index (Phi) is 2.96. The average Bonchev–Trinajstić information content (AvgIpc) is 3.05. The van der Waals surface area contributed by atoms with Crippen LogP contribution in [0.5, 0.6) is 0 Å². The molecular weight excluding hydrogens is 260 g/mol. The van der Waals surface area contributed by atoms with Gasteiger partial charge in [-0.1, -0.05) is 41.7 Å². The first kappa shape index (κ1) is 11.8. The lowest BCUT2D eigenvalue weighted by molar-refractivity contribution is 0.553. The molecule has 2 aromatic heterocycles. The number of aryl methyl sites for hydroxylation is 1. The van der Waals surface area contributed by atoms with Crippen LogP contribution in [0.4, 0.5) is 5.13 Å². The van der Waals surface area contributed by atoms with E-state index in [4.69, 9.17) is 5.73 Å². The lowest BCUT2D eigenvalue weighted by atomic mass is 10.1. The Labute approximate surface area is 113 Å². The van der Waals surface area contributed by atoms with E-state index >= 15 is 0 Å². The summed E-state index contributed by atoms with van der Waals surface area (Å²) in [5.41, 5.74) is 7.62. The minimum atomic E-state index is 0.502. The first-order valence-electron chi connectivity index (χ1n) is 5.88. The Morgan fingerprint density at radius 3 is 2.74 bits per heavy atom. The standard InChI is InChI=1S/C12H12N6S/c1-2-18-16-11(15-17-18)10-9(14-12(13)19-10)8-6-4-3-5-7-8/h3-7H,2H2,1H3,(H2,13,14). The Hall–Kier alpha value is -2.28. The van der Waals surface area contributed by atoms with Gasteiger partial charge in [0.15, 0.2) is 5.13 Å². The Morgan fingerprint density at radius 1 is 1.26 bits per heavy atom. The van der Waals surface area contributed by atoms with E-state index in [0.29, 0.717) is 17.5 Å². The van der Waals surface area contributed by atoms with Crippen molar-refractivity contribution in [1.82, 2.24) is 25.2 Å². The molecule has 19 heavy (non-hydrogen) atoms. The fourth-order valence-corrected chi connectivity index (χ4v) is 2.53. The number of tetrazole rings is 1. The number of nitrogen functional groups attached to an aromatic ring is 1. The fourth-order valence-electron chi connectivity index (χ4n) is 1.75. The minimum absolute atomic E-state index is 0.502. The lowest BCUT2D eigenvalue weighted by Gasteiger charge is -1.97. The molecule has 0 atom stereocenters. The van der Waals surface area contributed by atoms with E-state index in [1.54, 1.807) is 4.80 Å². The highest BCUT2D eigenvalue weighted by atomic mass is 32.1.